The first-order valence-electron chi connectivity index (χ1n) is 8.18. The highest BCUT2D eigenvalue weighted by atomic mass is 32.1. The van der Waals surface area contributed by atoms with Crippen LogP contribution >= 0.6 is 11.3 Å². The van der Waals surface area contributed by atoms with Gasteiger partial charge in [0.15, 0.2) is 10.8 Å². The highest BCUT2D eigenvalue weighted by Gasteiger charge is 2.41. The molecule has 3 heterocycles. The van der Waals surface area contributed by atoms with Gasteiger partial charge in [-0.05, 0) is 31.2 Å². The average molecular weight is 382 g/mol. The molecular weight excluding hydrogens is 368 g/mol. The van der Waals surface area contributed by atoms with Crippen LogP contribution in [0.25, 0.3) is 10.8 Å². The average Bonchev–Trinajstić information content (AvgIpc) is 3.41. The summed E-state index contributed by atoms with van der Waals surface area (Å²) in [6.07, 6.45) is 1.56. The zero-order chi connectivity index (χ0) is 19.0. The van der Waals surface area contributed by atoms with Gasteiger partial charge in [-0.3, -0.25) is 14.5 Å². The van der Waals surface area contributed by atoms with Crippen molar-refractivity contribution in [3.8, 4) is 10.8 Å². The Balaban J connectivity index is 1.42. The van der Waals surface area contributed by atoms with Crippen LogP contribution in [-0.4, -0.2) is 33.7 Å². The van der Waals surface area contributed by atoms with Crippen LogP contribution < -0.4 is 0 Å². The molecule has 0 aliphatic carbocycles. The minimum absolute atomic E-state index is 0.0520. The number of carbonyl (C=O) groups is 3. The van der Waals surface area contributed by atoms with Crippen molar-refractivity contribution in [3.63, 3.8) is 0 Å². The largest absolute Gasteiger partial charge is 0.462 e. The number of fused-ring (bicyclic) bond motifs is 1. The number of benzene rings is 1. The molecule has 1 aliphatic rings. The first-order valence-corrected chi connectivity index (χ1v) is 9.06. The zero-order valence-corrected chi connectivity index (χ0v) is 15.1. The van der Waals surface area contributed by atoms with Gasteiger partial charge in [0.1, 0.15) is 12.6 Å². The van der Waals surface area contributed by atoms with Crippen LogP contribution in [0.1, 0.15) is 33.3 Å². The SMILES string of the molecule is C[C@@H](C(=O)OCc1csc(-c2ccco2)n1)N1C(=O)c2ccccc2C1=O. The Labute approximate surface area is 158 Å². The Hall–Kier alpha value is -3.26. The minimum Gasteiger partial charge on any atom is -0.462 e. The number of aromatic nitrogens is 1. The van der Waals surface area contributed by atoms with Gasteiger partial charge < -0.3 is 9.15 Å². The molecule has 3 aromatic rings. The maximum Gasteiger partial charge on any atom is 0.329 e. The van der Waals surface area contributed by atoms with E-state index in [1.54, 1.807) is 48.0 Å². The van der Waals surface area contributed by atoms with Crippen molar-refractivity contribution in [1.29, 1.82) is 0 Å². The van der Waals surface area contributed by atoms with Crippen molar-refractivity contribution < 1.29 is 23.5 Å². The van der Waals surface area contributed by atoms with Crippen LogP contribution in [0.5, 0.6) is 0 Å². The lowest BCUT2D eigenvalue weighted by molar-refractivity contribution is -0.149. The summed E-state index contributed by atoms with van der Waals surface area (Å²) in [5.41, 5.74) is 1.16. The number of nitrogens with zero attached hydrogens (tertiary/aromatic N) is 2. The summed E-state index contributed by atoms with van der Waals surface area (Å²) in [7, 11) is 0. The Kier molecular flexibility index (Phi) is 4.33. The number of ether oxygens (including phenoxy) is 1. The molecule has 2 amide bonds. The van der Waals surface area contributed by atoms with Gasteiger partial charge in [0.25, 0.3) is 11.8 Å². The highest BCUT2D eigenvalue weighted by Crippen LogP contribution is 2.26. The van der Waals surface area contributed by atoms with Gasteiger partial charge in [0, 0.05) is 5.38 Å². The molecule has 0 saturated carbocycles. The van der Waals surface area contributed by atoms with E-state index in [4.69, 9.17) is 9.15 Å². The van der Waals surface area contributed by atoms with Crippen LogP contribution in [0, 0.1) is 0 Å². The molecule has 8 heteroatoms. The predicted octanol–water partition coefficient (Wildman–Crippen LogP) is 3.13. The molecule has 1 atom stereocenters. The Morgan fingerprint density at radius 2 is 1.89 bits per heavy atom. The molecule has 0 saturated heterocycles. The molecule has 0 spiro atoms. The van der Waals surface area contributed by atoms with Crippen molar-refractivity contribution >= 4 is 29.1 Å². The van der Waals surface area contributed by atoms with Gasteiger partial charge in [-0.1, -0.05) is 12.1 Å². The summed E-state index contributed by atoms with van der Waals surface area (Å²) < 4.78 is 10.5. The number of hydrogen-bond donors (Lipinski definition) is 0. The fraction of sp³-hybridized carbons (Fsp3) is 0.158. The monoisotopic (exact) mass is 382 g/mol. The highest BCUT2D eigenvalue weighted by molar-refractivity contribution is 7.13. The maximum absolute atomic E-state index is 12.4. The molecule has 2 aromatic heterocycles. The summed E-state index contributed by atoms with van der Waals surface area (Å²) in [5.74, 6) is -1.02. The molecular formula is C19H14N2O5S. The second-order valence-electron chi connectivity index (χ2n) is 5.93. The first kappa shape index (κ1) is 17.2. The zero-order valence-electron chi connectivity index (χ0n) is 14.2. The lowest BCUT2D eigenvalue weighted by Crippen LogP contribution is -2.43. The lowest BCUT2D eigenvalue weighted by atomic mass is 10.1. The first-order chi connectivity index (χ1) is 13.1. The van der Waals surface area contributed by atoms with Gasteiger partial charge in [-0.2, -0.15) is 0 Å². The van der Waals surface area contributed by atoms with E-state index in [0.717, 1.165) is 4.90 Å². The minimum atomic E-state index is -1.03. The summed E-state index contributed by atoms with van der Waals surface area (Å²) >= 11 is 1.37. The summed E-state index contributed by atoms with van der Waals surface area (Å²) in [6.45, 7) is 1.42. The smallest absolute Gasteiger partial charge is 0.329 e. The summed E-state index contributed by atoms with van der Waals surface area (Å²) in [5, 5.41) is 2.44. The van der Waals surface area contributed by atoms with Gasteiger partial charge >= 0.3 is 5.97 Å². The molecule has 27 heavy (non-hydrogen) atoms. The number of amides is 2. The van der Waals surface area contributed by atoms with Crippen LogP contribution in [0.2, 0.25) is 0 Å². The van der Waals surface area contributed by atoms with Crippen molar-refractivity contribution in [2.45, 2.75) is 19.6 Å². The normalized spacial score (nSPS) is 14.3. The van der Waals surface area contributed by atoms with Gasteiger partial charge in [0.05, 0.1) is 23.1 Å². The van der Waals surface area contributed by atoms with Crippen molar-refractivity contribution in [3.05, 3.63) is 64.9 Å². The number of imide groups is 1. The Bertz CT molecular complexity index is 989. The van der Waals surface area contributed by atoms with Crippen molar-refractivity contribution in [1.82, 2.24) is 9.88 Å². The Morgan fingerprint density at radius 3 is 2.52 bits per heavy atom. The predicted molar refractivity (Wildman–Crippen MR) is 96.0 cm³/mol. The summed E-state index contributed by atoms with van der Waals surface area (Å²) in [6, 6.07) is 9.02. The van der Waals surface area contributed by atoms with Crippen LogP contribution in [0.4, 0.5) is 0 Å². The van der Waals surface area contributed by atoms with E-state index < -0.39 is 23.8 Å². The molecule has 0 N–H and O–H groups in total. The summed E-state index contributed by atoms with van der Waals surface area (Å²) in [4.78, 5) is 42.5. The number of carbonyl (C=O) groups excluding carboxylic acids is 3. The van der Waals surface area contributed by atoms with E-state index in [0.29, 0.717) is 27.6 Å². The van der Waals surface area contributed by atoms with E-state index >= 15 is 0 Å². The second kappa shape index (κ2) is 6.81. The third-order valence-electron chi connectivity index (χ3n) is 4.20. The fourth-order valence-electron chi connectivity index (χ4n) is 2.82. The number of thiazole rings is 1. The molecule has 0 bridgehead atoms. The number of rotatable bonds is 5. The molecule has 4 rings (SSSR count). The van der Waals surface area contributed by atoms with Gasteiger partial charge in [-0.15, -0.1) is 11.3 Å². The molecule has 1 aliphatic heterocycles. The Morgan fingerprint density at radius 1 is 1.19 bits per heavy atom. The molecule has 0 fully saturated rings. The molecule has 1 aromatic carbocycles. The standard InChI is InChI=1S/C19H14N2O5S/c1-11(21-17(22)13-5-2-3-6-14(13)18(21)23)19(24)26-9-12-10-27-16(20-12)15-7-4-8-25-15/h2-8,10-11H,9H2,1H3/t11-/m0/s1. The van der Waals surface area contributed by atoms with E-state index in [1.807, 2.05) is 0 Å². The molecule has 7 nitrogen and oxygen atoms in total. The molecule has 0 unspecified atom stereocenters. The van der Waals surface area contributed by atoms with Gasteiger partial charge in [0.2, 0.25) is 0 Å². The van der Waals surface area contributed by atoms with Crippen LogP contribution in [-0.2, 0) is 16.1 Å². The third-order valence-corrected chi connectivity index (χ3v) is 5.11. The second-order valence-corrected chi connectivity index (χ2v) is 6.79. The van der Waals surface area contributed by atoms with Crippen molar-refractivity contribution in [2.75, 3.05) is 0 Å². The molecule has 0 radical (unpaired) electrons. The van der Waals surface area contributed by atoms with E-state index in [-0.39, 0.29) is 6.61 Å². The third kappa shape index (κ3) is 3.04. The fourth-order valence-corrected chi connectivity index (χ4v) is 3.59. The van der Waals surface area contributed by atoms with E-state index in [9.17, 15) is 14.4 Å². The van der Waals surface area contributed by atoms with Crippen LogP contribution in [0.15, 0.2) is 52.5 Å². The maximum atomic E-state index is 12.4. The van der Waals surface area contributed by atoms with E-state index in [1.165, 1.54) is 18.3 Å². The quantitative estimate of drug-likeness (QED) is 0.497. The van der Waals surface area contributed by atoms with Crippen LogP contribution in [0.3, 0.4) is 0 Å². The molecule has 136 valence electrons. The topological polar surface area (TPSA) is 89.7 Å². The van der Waals surface area contributed by atoms with Crippen molar-refractivity contribution in [2.24, 2.45) is 0 Å². The van der Waals surface area contributed by atoms with Gasteiger partial charge in [-0.25, -0.2) is 9.78 Å². The lowest BCUT2D eigenvalue weighted by Gasteiger charge is -2.20. The van der Waals surface area contributed by atoms with E-state index in [2.05, 4.69) is 4.98 Å². The number of hydrogen-bond acceptors (Lipinski definition) is 7. The number of esters is 1. The number of furan rings is 1.